The fraction of sp³-hybridized carbons (Fsp3) is 0.636. The zero-order valence-corrected chi connectivity index (χ0v) is 17.0. The number of benzene rings is 1. The van der Waals surface area contributed by atoms with Crippen LogP contribution in [0.25, 0.3) is 0 Å². The van der Waals surface area contributed by atoms with Gasteiger partial charge in [0.1, 0.15) is 0 Å². The monoisotopic (exact) mass is 387 g/mol. The summed E-state index contributed by atoms with van der Waals surface area (Å²) in [5.74, 6) is 0.683. The minimum absolute atomic E-state index is 0.0260. The Morgan fingerprint density at radius 3 is 2.61 bits per heavy atom. The van der Waals surface area contributed by atoms with Crippen LogP contribution in [0.15, 0.2) is 18.2 Å². The second-order valence-electron chi connectivity index (χ2n) is 7.97. The second-order valence-corrected chi connectivity index (χ2v) is 7.97. The van der Waals surface area contributed by atoms with Crippen LogP contribution in [0.3, 0.4) is 0 Å². The van der Waals surface area contributed by atoms with E-state index in [2.05, 4.69) is 6.92 Å². The highest BCUT2D eigenvalue weighted by Crippen LogP contribution is 2.21. The molecule has 6 heteroatoms. The number of aryl methyl sites for hydroxylation is 1. The van der Waals surface area contributed by atoms with Crippen LogP contribution in [0.1, 0.15) is 54.9 Å². The van der Waals surface area contributed by atoms with Crippen molar-refractivity contribution >= 4 is 17.5 Å². The minimum Gasteiger partial charge on any atom is -0.398 e. The molecule has 1 unspecified atom stereocenters. The lowest BCUT2D eigenvalue weighted by molar-refractivity contribution is -0.133. The molecule has 28 heavy (non-hydrogen) atoms. The number of hydrogen-bond donors (Lipinski definition) is 1. The number of hydrogen-bond acceptors (Lipinski definition) is 4. The van der Waals surface area contributed by atoms with Crippen LogP contribution in [0.4, 0.5) is 5.69 Å². The first kappa shape index (κ1) is 20.6. The van der Waals surface area contributed by atoms with Crippen LogP contribution in [0.2, 0.25) is 0 Å². The van der Waals surface area contributed by atoms with Crippen molar-refractivity contribution in [2.75, 3.05) is 45.1 Å². The summed E-state index contributed by atoms with van der Waals surface area (Å²) in [6, 6.07) is 5.74. The van der Waals surface area contributed by atoms with Crippen LogP contribution in [0, 0.1) is 5.92 Å². The molecule has 0 aliphatic carbocycles. The zero-order chi connectivity index (χ0) is 19.9. The quantitative estimate of drug-likeness (QED) is 0.762. The first-order valence-corrected chi connectivity index (χ1v) is 10.6. The average Bonchev–Trinajstić information content (AvgIpc) is 2.74. The summed E-state index contributed by atoms with van der Waals surface area (Å²) in [6.45, 7) is 6.08. The number of carbonyl (C=O) groups excluding carboxylic acids is 2. The summed E-state index contributed by atoms with van der Waals surface area (Å²) in [7, 11) is 0. The van der Waals surface area contributed by atoms with E-state index in [1.54, 1.807) is 0 Å². The molecule has 2 amide bonds. The van der Waals surface area contributed by atoms with Crippen LogP contribution in [-0.4, -0.2) is 61.0 Å². The van der Waals surface area contributed by atoms with Crippen LogP contribution in [0.5, 0.6) is 0 Å². The highest BCUT2D eigenvalue weighted by molar-refractivity contribution is 5.99. The number of nitrogen functional groups attached to an aromatic ring is 1. The van der Waals surface area contributed by atoms with Gasteiger partial charge in [-0.05, 0) is 49.3 Å². The Balaban J connectivity index is 1.49. The van der Waals surface area contributed by atoms with E-state index in [4.69, 9.17) is 10.5 Å². The molecule has 2 heterocycles. The van der Waals surface area contributed by atoms with Crippen molar-refractivity contribution in [3.8, 4) is 0 Å². The third kappa shape index (κ3) is 5.25. The molecule has 0 bridgehead atoms. The lowest BCUT2D eigenvalue weighted by atomic mass is 9.96. The van der Waals surface area contributed by atoms with Gasteiger partial charge >= 0.3 is 0 Å². The molecular formula is C22H33N3O3. The number of nitrogens with zero attached hydrogens (tertiary/aromatic N) is 2. The minimum atomic E-state index is -0.0260. The van der Waals surface area contributed by atoms with Crippen LogP contribution in [-0.2, 0) is 16.0 Å². The van der Waals surface area contributed by atoms with E-state index in [1.807, 2.05) is 28.0 Å². The maximum absolute atomic E-state index is 12.9. The van der Waals surface area contributed by atoms with E-state index in [1.165, 1.54) is 0 Å². The molecule has 2 N–H and O–H groups in total. The van der Waals surface area contributed by atoms with Gasteiger partial charge in [-0.2, -0.15) is 0 Å². The zero-order valence-electron chi connectivity index (χ0n) is 17.0. The Morgan fingerprint density at radius 1 is 1.18 bits per heavy atom. The van der Waals surface area contributed by atoms with Crippen molar-refractivity contribution in [3.05, 3.63) is 29.3 Å². The van der Waals surface area contributed by atoms with E-state index in [-0.39, 0.29) is 11.8 Å². The summed E-state index contributed by atoms with van der Waals surface area (Å²) < 4.78 is 5.50. The number of ether oxygens (including phenoxy) is 1. The number of nitrogens with two attached hydrogens (primary N) is 1. The third-order valence-electron chi connectivity index (χ3n) is 5.83. The molecule has 0 radical (unpaired) electrons. The average molecular weight is 388 g/mol. The Labute approximate surface area is 168 Å². The first-order chi connectivity index (χ1) is 13.6. The Morgan fingerprint density at radius 2 is 1.93 bits per heavy atom. The highest BCUT2D eigenvalue weighted by Gasteiger charge is 2.26. The predicted molar refractivity (Wildman–Crippen MR) is 110 cm³/mol. The molecule has 2 fully saturated rings. The number of rotatable bonds is 6. The maximum atomic E-state index is 12.9. The van der Waals surface area contributed by atoms with Gasteiger partial charge in [-0.25, -0.2) is 0 Å². The van der Waals surface area contributed by atoms with Crippen molar-refractivity contribution in [1.29, 1.82) is 0 Å². The molecule has 0 aromatic heterocycles. The van der Waals surface area contributed by atoms with Crippen molar-refractivity contribution in [2.45, 2.75) is 45.4 Å². The molecule has 2 aliphatic rings. The maximum Gasteiger partial charge on any atom is 0.256 e. The van der Waals surface area contributed by atoms with Gasteiger partial charge in [0.2, 0.25) is 5.91 Å². The van der Waals surface area contributed by atoms with Crippen molar-refractivity contribution in [3.63, 3.8) is 0 Å². The smallest absolute Gasteiger partial charge is 0.256 e. The normalized spacial score (nSPS) is 20.2. The number of amides is 2. The fourth-order valence-corrected chi connectivity index (χ4v) is 4.08. The van der Waals surface area contributed by atoms with E-state index < -0.39 is 0 Å². The van der Waals surface area contributed by atoms with Gasteiger partial charge < -0.3 is 20.3 Å². The molecule has 2 saturated heterocycles. The van der Waals surface area contributed by atoms with E-state index >= 15 is 0 Å². The summed E-state index contributed by atoms with van der Waals surface area (Å²) in [4.78, 5) is 29.1. The Kier molecular flexibility index (Phi) is 7.31. The van der Waals surface area contributed by atoms with Crippen molar-refractivity contribution in [1.82, 2.24) is 9.80 Å². The number of piperazine rings is 1. The summed E-state index contributed by atoms with van der Waals surface area (Å²) in [5.41, 5.74) is 8.31. The molecule has 2 aliphatic heterocycles. The van der Waals surface area contributed by atoms with Crippen LogP contribution < -0.4 is 5.73 Å². The van der Waals surface area contributed by atoms with Gasteiger partial charge in [0.25, 0.3) is 5.91 Å². The lowest BCUT2D eigenvalue weighted by Crippen LogP contribution is -2.50. The molecule has 1 aromatic rings. The molecule has 1 atom stereocenters. The molecule has 154 valence electrons. The predicted octanol–water partition coefficient (Wildman–Crippen LogP) is 2.71. The van der Waals surface area contributed by atoms with E-state index in [0.29, 0.717) is 49.8 Å². The van der Waals surface area contributed by atoms with Crippen LogP contribution >= 0.6 is 0 Å². The van der Waals surface area contributed by atoms with Gasteiger partial charge in [0.15, 0.2) is 0 Å². The number of anilines is 1. The summed E-state index contributed by atoms with van der Waals surface area (Å²) in [5, 5.41) is 0. The highest BCUT2D eigenvalue weighted by atomic mass is 16.5. The molecule has 3 rings (SSSR count). The van der Waals surface area contributed by atoms with E-state index in [9.17, 15) is 9.59 Å². The molecule has 0 spiro atoms. The van der Waals surface area contributed by atoms with Gasteiger partial charge in [0, 0.05) is 51.5 Å². The molecule has 1 aromatic carbocycles. The van der Waals surface area contributed by atoms with E-state index in [0.717, 1.165) is 50.9 Å². The Bertz CT molecular complexity index is 678. The second kappa shape index (κ2) is 9.92. The lowest BCUT2D eigenvalue weighted by Gasteiger charge is -2.35. The van der Waals surface area contributed by atoms with Gasteiger partial charge in [-0.3, -0.25) is 9.59 Å². The standard InChI is InChI=1S/C22H33N3O3/c1-2-4-17-6-8-20(23)19(15-17)22(27)25-12-10-24(11-13-25)21(26)9-7-18-5-3-14-28-16-18/h6,8,15,18H,2-5,7,9-14,16,23H2,1H3. The van der Waals surface area contributed by atoms with Crippen molar-refractivity contribution < 1.29 is 14.3 Å². The topological polar surface area (TPSA) is 75.9 Å². The third-order valence-corrected chi connectivity index (χ3v) is 5.83. The SMILES string of the molecule is CCCc1ccc(N)c(C(=O)N2CCN(C(=O)CCC3CCCOC3)CC2)c1. The number of carbonyl (C=O) groups is 2. The van der Waals surface area contributed by atoms with Gasteiger partial charge in [-0.15, -0.1) is 0 Å². The largest absolute Gasteiger partial charge is 0.398 e. The summed E-state index contributed by atoms with van der Waals surface area (Å²) in [6.07, 6.45) is 5.71. The molecule has 6 nitrogen and oxygen atoms in total. The Hall–Kier alpha value is -2.08. The molecular weight excluding hydrogens is 354 g/mol. The van der Waals surface area contributed by atoms with Gasteiger partial charge in [0.05, 0.1) is 5.56 Å². The molecule has 0 saturated carbocycles. The fourth-order valence-electron chi connectivity index (χ4n) is 4.08. The first-order valence-electron chi connectivity index (χ1n) is 10.6. The van der Waals surface area contributed by atoms with Gasteiger partial charge in [-0.1, -0.05) is 19.4 Å². The van der Waals surface area contributed by atoms with Crippen molar-refractivity contribution in [2.24, 2.45) is 5.92 Å². The summed E-state index contributed by atoms with van der Waals surface area (Å²) >= 11 is 0.